The summed E-state index contributed by atoms with van der Waals surface area (Å²) in [6.07, 6.45) is 0. The fraction of sp³-hybridized carbons (Fsp3) is 0.167. The number of nitrogens with one attached hydrogen (secondary N) is 1. The molecule has 0 saturated heterocycles. The van der Waals surface area contributed by atoms with Crippen LogP contribution in [0.15, 0.2) is 102 Å². The van der Waals surface area contributed by atoms with Gasteiger partial charge in [-0.2, -0.15) is 0 Å². The maximum atomic E-state index is 13.7. The number of hydrogen-bond acceptors (Lipinski definition) is 4. The van der Waals surface area contributed by atoms with Gasteiger partial charge in [-0.3, -0.25) is 9.10 Å². The van der Waals surface area contributed by atoms with Gasteiger partial charge in [-0.25, -0.2) is 8.42 Å². The third-order valence-electron chi connectivity index (χ3n) is 6.28. The number of halogens is 1. The zero-order valence-corrected chi connectivity index (χ0v) is 23.0. The van der Waals surface area contributed by atoms with E-state index in [1.165, 1.54) is 4.31 Å². The van der Waals surface area contributed by atoms with Gasteiger partial charge in [-0.1, -0.05) is 60.1 Å². The number of nitrogens with zero attached hydrogens (tertiary/aromatic N) is 1. The van der Waals surface area contributed by atoms with Crippen LogP contribution in [0, 0.1) is 6.92 Å². The molecule has 0 aliphatic rings. The number of rotatable bonds is 9. The van der Waals surface area contributed by atoms with Gasteiger partial charge in [0.25, 0.3) is 15.9 Å². The molecule has 0 fully saturated rings. The van der Waals surface area contributed by atoms with Gasteiger partial charge in [0, 0.05) is 10.6 Å². The van der Waals surface area contributed by atoms with Crippen molar-refractivity contribution in [2.45, 2.75) is 31.3 Å². The van der Waals surface area contributed by atoms with Gasteiger partial charge in [0.2, 0.25) is 0 Å². The Morgan fingerprint density at radius 2 is 1.61 bits per heavy atom. The first-order chi connectivity index (χ1) is 18.2. The molecule has 1 amide bonds. The number of anilines is 1. The molecule has 1 unspecified atom stereocenters. The highest BCUT2D eigenvalue weighted by molar-refractivity contribution is 7.92. The number of amides is 1. The summed E-state index contributed by atoms with van der Waals surface area (Å²) in [5.74, 6) is 0.526. The summed E-state index contributed by atoms with van der Waals surface area (Å²) in [6.45, 7) is 3.83. The Morgan fingerprint density at radius 3 is 2.24 bits per heavy atom. The quantitative estimate of drug-likeness (QED) is 0.257. The van der Waals surface area contributed by atoms with Gasteiger partial charge in [0.05, 0.1) is 30.3 Å². The zero-order chi connectivity index (χ0) is 27.3. The summed E-state index contributed by atoms with van der Waals surface area (Å²) in [5, 5.41) is 3.44. The predicted octanol–water partition coefficient (Wildman–Crippen LogP) is 6.54. The molecule has 6 nitrogen and oxygen atoms in total. The van der Waals surface area contributed by atoms with Crippen LogP contribution in [0.5, 0.6) is 5.75 Å². The minimum absolute atomic E-state index is 0.0720. The fourth-order valence-corrected chi connectivity index (χ4v) is 5.75. The minimum atomic E-state index is -3.88. The van der Waals surface area contributed by atoms with E-state index in [9.17, 15) is 13.2 Å². The van der Waals surface area contributed by atoms with E-state index in [1.54, 1.807) is 79.9 Å². The maximum Gasteiger partial charge on any atom is 0.264 e. The lowest BCUT2D eigenvalue weighted by Crippen LogP contribution is -2.31. The number of carbonyl (C=O) groups is 1. The van der Waals surface area contributed by atoms with Crippen LogP contribution in [0.1, 0.15) is 40.0 Å². The smallest absolute Gasteiger partial charge is 0.264 e. The Hall–Kier alpha value is -3.81. The highest BCUT2D eigenvalue weighted by atomic mass is 35.5. The van der Waals surface area contributed by atoms with Crippen LogP contribution in [0.2, 0.25) is 5.02 Å². The minimum Gasteiger partial charge on any atom is -0.497 e. The van der Waals surface area contributed by atoms with E-state index in [4.69, 9.17) is 16.3 Å². The summed E-state index contributed by atoms with van der Waals surface area (Å²) >= 11 is 6.24. The van der Waals surface area contributed by atoms with Crippen LogP contribution < -0.4 is 14.4 Å². The van der Waals surface area contributed by atoms with E-state index in [2.05, 4.69) is 5.32 Å². The molecule has 0 bridgehead atoms. The van der Waals surface area contributed by atoms with Gasteiger partial charge in [0.15, 0.2) is 0 Å². The van der Waals surface area contributed by atoms with Crippen LogP contribution in [-0.4, -0.2) is 21.4 Å². The molecule has 0 aliphatic heterocycles. The summed E-state index contributed by atoms with van der Waals surface area (Å²) in [4.78, 5) is 13.1. The molecule has 0 aromatic heterocycles. The monoisotopic (exact) mass is 548 g/mol. The van der Waals surface area contributed by atoms with Crippen molar-refractivity contribution in [3.63, 3.8) is 0 Å². The lowest BCUT2D eigenvalue weighted by molar-refractivity contribution is 0.0940. The second-order valence-corrected chi connectivity index (χ2v) is 11.2. The number of methoxy groups -OCH3 is 1. The first-order valence-electron chi connectivity index (χ1n) is 12.1. The molecule has 0 heterocycles. The first-order valence-corrected chi connectivity index (χ1v) is 13.9. The molecule has 1 N–H and O–H groups in total. The Kier molecular flexibility index (Phi) is 8.39. The standard InChI is InChI=1S/C30H29ClN2O4S/c1-21-9-16-26(31)19-29(21)33(38(35,36)28-7-5-4-6-8-28)20-23-10-12-25(13-11-23)30(34)32-22(2)24-14-17-27(37-3)18-15-24/h4-19,22H,20H2,1-3H3,(H,32,34). The molecule has 4 aromatic carbocycles. The topological polar surface area (TPSA) is 75.7 Å². The van der Waals surface area contributed by atoms with Gasteiger partial charge in [0.1, 0.15) is 5.75 Å². The molecule has 4 rings (SSSR count). The Bertz CT molecular complexity index is 1510. The fourth-order valence-electron chi connectivity index (χ4n) is 4.05. The number of sulfonamides is 1. The Balaban J connectivity index is 1.56. The van der Waals surface area contributed by atoms with Gasteiger partial charge >= 0.3 is 0 Å². The van der Waals surface area contributed by atoms with E-state index in [-0.39, 0.29) is 23.4 Å². The SMILES string of the molecule is COc1ccc(C(C)NC(=O)c2ccc(CN(c3cc(Cl)ccc3C)S(=O)(=O)c3ccccc3)cc2)cc1. The van der Waals surface area contributed by atoms with Crippen molar-refractivity contribution < 1.29 is 17.9 Å². The van der Waals surface area contributed by atoms with Gasteiger partial charge < -0.3 is 10.1 Å². The normalized spacial score (nSPS) is 12.0. The lowest BCUT2D eigenvalue weighted by Gasteiger charge is -2.26. The molecule has 38 heavy (non-hydrogen) atoms. The second kappa shape index (κ2) is 11.7. The lowest BCUT2D eigenvalue weighted by atomic mass is 10.1. The molecule has 0 radical (unpaired) electrons. The molecule has 4 aromatic rings. The van der Waals surface area contributed by atoms with Crippen LogP contribution in [0.25, 0.3) is 0 Å². The third kappa shape index (κ3) is 6.18. The van der Waals surface area contributed by atoms with E-state index in [1.807, 2.05) is 38.1 Å². The molecule has 1 atom stereocenters. The summed E-state index contributed by atoms with van der Waals surface area (Å²) in [6, 6.07) is 27.7. The van der Waals surface area contributed by atoms with Crippen molar-refractivity contribution in [3.8, 4) is 5.75 Å². The third-order valence-corrected chi connectivity index (χ3v) is 8.29. The highest BCUT2D eigenvalue weighted by Gasteiger charge is 2.26. The number of aryl methyl sites for hydroxylation is 1. The van der Waals surface area contributed by atoms with Crippen molar-refractivity contribution in [1.82, 2.24) is 5.32 Å². The maximum absolute atomic E-state index is 13.7. The molecule has 8 heteroatoms. The van der Waals surface area contributed by atoms with Crippen molar-refractivity contribution in [1.29, 1.82) is 0 Å². The first kappa shape index (κ1) is 27.2. The van der Waals surface area contributed by atoms with Crippen LogP contribution in [0.4, 0.5) is 5.69 Å². The Morgan fingerprint density at radius 1 is 0.947 bits per heavy atom. The van der Waals surface area contributed by atoms with Crippen molar-refractivity contribution in [2.75, 3.05) is 11.4 Å². The molecule has 196 valence electrons. The summed E-state index contributed by atoms with van der Waals surface area (Å²) in [5.41, 5.74) is 3.43. The largest absolute Gasteiger partial charge is 0.497 e. The molecular formula is C30H29ClN2O4S. The number of hydrogen-bond donors (Lipinski definition) is 1. The molecular weight excluding hydrogens is 520 g/mol. The van der Waals surface area contributed by atoms with E-state index >= 15 is 0 Å². The zero-order valence-electron chi connectivity index (χ0n) is 21.4. The second-order valence-electron chi connectivity index (χ2n) is 8.92. The molecule has 0 aliphatic carbocycles. The van der Waals surface area contributed by atoms with E-state index in [0.717, 1.165) is 22.4 Å². The highest BCUT2D eigenvalue weighted by Crippen LogP contribution is 2.31. The molecule has 0 saturated carbocycles. The number of carbonyl (C=O) groups excluding carboxylic acids is 1. The van der Waals surface area contributed by atoms with Crippen LogP contribution in [0.3, 0.4) is 0 Å². The van der Waals surface area contributed by atoms with Crippen LogP contribution >= 0.6 is 11.6 Å². The van der Waals surface area contributed by atoms with Crippen molar-refractivity contribution in [2.24, 2.45) is 0 Å². The van der Waals surface area contributed by atoms with E-state index in [0.29, 0.717) is 16.3 Å². The average Bonchev–Trinajstić information content (AvgIpc) is 2.94. The summed E-state index contributed by atoms with van der Waals surface area (Å²) in [7, 11) is -2.28. The van der Waals surface area contributed by atoms with Crippen molar-refractivity contribution in [3.05, 3.63) is 124 Å². The Labute approximate surface area is 228 Å². The number of benzene rings is 4. The number of ether oxygens (including phenoxy) is 1. The van der Waals surface area contributed by atoms with Crippen LogP contribution in [-0.2, 0) is 16.6 Å². The van der Waals surface area contributed by atoms with E-state index < -0.39 is 10.0 Å². The average molecular weight is 549 g/mol. The van der Waals surface area contributed by atoms with Gasteiger partial charge in [-0.15, -0.1) is 0 Å². The molecule has 0 spiro atoms. The predicted molar refractivity (Wildman–Crippen MR) is 151 cm³/mol. The summed E-state index contributed by atoms with van der Waals surface area (Å²) < 4.78 is 33.9. The van der Waals surface area contributed by atoms with Crippen molar-refractivity contribution >= 4 is 33.2 Å². The van der Waals surface area contributed by atoms with Gasteiger partial charge in [-0.05, 0) is 79.1 Å².